The minimum Gasteiger partial charge on any atom is -0.490 e. The average Bonchev–Trinajstić information content (AvgIpc) is 3.33. The molecule has 13 heteroatoms. The molecular weight excluding hydrogens is 727 g/mol. The maximum atomic E-state index is 13.9. The highest BCUT2D eigenvalue weighted by atomic mass is 79.9. The molecule has 0 radical (unpaired) electrons. The lowest BCUT2D eigenvalue weighted by Crippen LogP contribution is -2.39. The summed E-state index contributed by atoms with van der Waals surface area (Å²) < 4.78 is 25.0. The molecule has 1 atom stereocenters. The lowest BCUT2D eigenvalue weighted by Gasteiger charge is -2.23. The van der Waals surface area contributed by atoms with Gasteiger partial charge in [-0.1, -0.05) is 58.3 Å². The van der Waals surface area contributed by atoms with Crippen LogP contribution in [0.25, 0.3) is 6.08 Å². The van der Waals surface area contributed by atoms with Crippen LogP contribution in [0.15, 0.2) is 74.6 Å². The molecule has 45 heavy (non-hydrogen) atoms. The van der Waals surface area contributed by atoms with Crippen LogP contribution in [0.3, 0.4) is 0 Å². The summed E-state index contributed by atoms with van der Waals surface area (Å²) in [7, 11) is 1.29. The number of ether oxygens (including phenoxy) is 4. The van der Waals surface area contributed by atoms with E-state index in [0.717, 1.165) is 5.56 Å². The van der Waals surface area contributed by atoms with E-state index in [1.54, 1.807) is 48.5 Å². The Bertz CT molecular complexity index is 1970. The number of aromatic nitrogens is 1. The monoisotopic (exact) mass is 750 g/mol. The zero-order chi connectivity index (χ0) is 32.2. The minimum absolute atomic E-state index is 0.206. The van der Waals surface area contributed by atoms with Crippen LogP contribution in [-0.2, 0) is 16.1 Å². The van der Waals surface area contributed by atoms with Crippen LogP contribution in [-0.4, -0.2) is 30.9 Å². The average molecular weight is 753 g/mol. The van der Waals surface area contributed by atoms with Gasteiger partial charge in [0.15, 0.2) is 22.0 Å². The summed E-state index contributed by atoms with van der Waals surface area (Å²) >= 11 is 23.5. The molecule has 5 rings (SSSR count). The number of carbonyl (C=O) groups is 1. The highest BCUT2D eigenvalue weighted by Crippen LogP contribution is 2.37. The van der Waals surface area contributed by atoms with Crippen LogP contribution in [0.1, 0.15) is 36.6 Å². The fraction of sp³-hybridized carbons (Fsp3) is 0.219. The Kier molecular flexibility index (Phi) is 10.6. The molecule has 234 valence electrons. The van der Waals surface area contributed by atoms with Crippen LogP contribution >= 0.6 is 62.1 Å². The lowest BCUT2D eigenvalue weighted by molar-refractivity contribution is -0.136. The zero-order valence-corrected chi connectivity index (χ0v) is 28.9. The predicted molar refractivity (Wildman–Crippen MR) is 180 cm³/mol. The van der Waals surface area contributed by atoms with Gasteiger partial charge < -0.3 is 18.9 Å². The van der Waals surface area contributed by atoms with Crippen molar-refractivity contribution < 1.29 is 23.7 Å². The predicted octanol–water partition coefficient (Wildman–Crippen LogP) is 7.12. The second-order valence-corrected chi connectivity index (χ2v) is 12.7. The molecule has 0 N–H and O–H groups in total. The van der Waals surface area contributed by atoms with E-state index in [0.29, 0.717) is 70.5 Å². The van der Waals surface area contributed by atoms with E-state index < -0.39 is 12.0 Å². The second-order valence-electron chi connectivity index (χ2n) is 9.60. The third kappa shape index (κ3) is 7.10. The fourth-order valence-corrected chi connectivity index (χ4v) is 7.00. The topological polar surface area (TPSA) is 88.4 Å². The summed E-state index contributed by atoms with van der Waals surface area (Å²) in [4.78, 5) is 31.7. The van der Waals surface area contributed by atoms with E-state index >= 15 is 0 Å². The number of fused-ring (bicyclic) bond motifs is 1. The minimum atomic E-state index is -0.807. The first kappa shape index (κ1) is 33.1. The SMILES string of the molecule is CCOc1ccc([C@H]2C(C(=O)OC)=CN=c3s/c(=C\c4cc(Cl)c(OCc5ccc(Cl)c(Cl)c5)c(Br)c4)c(=O)n32)cc1OCC. The van der Waals surface area contributed by atoms with Crippen LogP contribution in [0.4, 0.5) is 0 Å². The molecule has 0 saturated heterocycles. The standard InChI is InChI=1S/C32H26BrCl3N2O6S/c1-4-42-25-9-7-19(14-26(25)43-5-2)28-20(31(40)41-3)15-37-32-38(28)30(39)27(45-32)13-18-10-21(33)29(24(36)12-18)44-16-17-6-8-22(34)23(35)11-17/h6-15,28H,4-5,16H2,1-3H3/b27-13-/t28-/m0/s1. The van der Waals surface area contributed by atoms with Crippen molar-refractivity contribution in [1.82, 2.24) is 4.57 Å². The Hall–Kier alpha value is -3.28. The van der Waals surface area contributed by atoms with Crippen molar-refractivity contribution in [3.8, 4) is 17.2 Å². The molecule has 3 aromatic carbocycles. The fourth-order valence-electron chi connectivity index (χ4n) is 4.72. The molecule has 8 nitrogen and oxygen atoms in total. The number of halogens is 4. The van der Waals surface area contributed by atoms with Gasteiger partial charge in [-0.2, -0.15) is 0 Å². The Labute approximate surface area is 286 Å². The van der Waals surface area contributed by atoms with Crippen molar-refractivity contribution in [3.05, 3.63) is 116 Å². The van der Waals surface area contributed by atoms with Gasteiger partial charge in [-0.15, -0.1) is 0 Å². The molecule has 0 spiro atoms. The highest BCUT2D eigenvalue weighted by molar-refractivity contribution is 9.10. The van der Waals surface area contributed by atoms with Crippen molar-refractivity contribution in [3.63, 3.8) is 0 Å². The molecule has 0 amide bonds. The van der Waals surface area contributed by atoms with Gasteiger partial charge in [0, 0.05) is 6.20 Å². The number of benzene rings is 3. The van der Waals surface area contributed by atoms with Crippen LogP contribution in [0.5, 0.6) is 17.2 Å². The quantitative estimate of drug-likeness (QED) is 0.161. The van der Waals surface area contributed by atoms with E-state index in [4.69, 9.17) is 53.8 Å². The van der Waals surface area contributed by atoms with Gasteiger partial charge in [0.05, 0.1) is 56.0 Å². The Morgan fingerprint density at radius 3 is 2.42 bits per heavy atom. The lowest BCUT2D eigenvalue weighted by atomic mass is 9.97. The van der Waals surface area contributed by atoms with E-state index in [-0.39, 0.29) is 17.7 Å². The third-order valence-corrected chi connectivity index (χ3v) is 9.30. The molecule has 0 fully saturated rings. The zero-order valence-electron chi connectivity index (χ0n) is 24.2. The summed E-state index contributed by atoms with van der Waals surface area (Å²) in [5, 5.41) is 1.22. The summed E-state index contributed by atoms with van der Waals surface area (Å²) in [5.41, 5.74) is 1.98. The first-order chi connectivity index (χ1) is 21.6. The largest absolute Gasteiger partial charge is 0.490 e. The number of rotatable bonds is 10. The second kappa shape index (κ2) is 14.4. The number of nitrogens with zero attached hydrogens (tertiary/aromatic N) is 2. The van der Waals surface area contributed by atoms with Crippen LogP contribution < -0.4 is 29.1 Å². The number of hydrogen-bond donors (Lipinski definition) is 0. The molecule has 1 aliphatic rings. The molecule has 2 heterocycles. The van der Waals surface area contributed by atoms with Gasteiger partial charge in [0.1, 0.15) is 6.61 Å². The molecular formula is C32H26BrCl3N2O6S. The van der Waals surface area contributed by atoms with Gasteiger partial charge in [-0.3, -0.25) is 9.36 Å². The van der Waals surface area contributed by atoms with E-state index in [1.165, 1.54) is 29.2 Å². The maximum Gasteiger partial charge on any atom is 0.337 e. The number of esters is 1. The van der Waals surface area contributed by atoms with Crippen molar-refractivity contribution in [2.45, 2.75) is 26.5 Å². The molecule has 1 aromatic heterocycles. The normalized spacial score (nSPS) is 14.3. The molecule has 1 aliphatic heterocycles. The molecule has 0 bridgehead atoms. The van der Waals surface area contributed by atoms with Crippen LogP contribution in [0, 0.1) is 0 Å². The van der Waals surface area contributed by atoms with Crippen LogP contribution in [0.2, 0.25) is 15.1 Å². The molecule has 4 aromatic rings. The van der Waals surface area contributed by atoms with Gasteiger partial charge >= 0.3 is 5.97 Å². The summed E-state index contributed by atoms with van der Waals surface area (Å²) in [6.07, 6.45) is 3.15. The molecule has 0 saturated carbocycles. The Morgan fingerprint density at radius 2 is 1.73 bits per heavy atom. The smallest absolute Gasteiger partial charge is 0.337 e. The number of carbonyl (C=O) groups excluding carboxylic acids is 1. The molecule has 0 unspecified atom stereocenters. The molecule has 0 aliphatic carbocycles. The third-order valence-electron chi connectivity index (χ3n) is 6.69. The van der Waals surface area contributed by atoms with Gasteiger partial charge in [0.2, 0.25) is 0 Å². The van der Waals surface area contributed by atoms with Gasteiger partial charge in [-0.25, -0.2) is 9.79 Å². The first-order valence-electron chi connectivity index (χ1n) is 13.7. The van der Waals surface area contributed by atoms with Crippen molar-refractivity contribution in [2.75, 3.05) is 20.3 Å². The summed E-state index contributed by atoms with van der Waals surface area (Å²) in [6.45, 7) is 4.82. The highest BCUT2D eigenvalue weighted by Gasteiger charge is 2.31. The van der Waals surface area contributed by atoms with Crippen molar-refractivity contribution in [2.24, 2.45) is 4.99 Å². The Morgan fingerprint density at radius 1 is 0.978 bits per heavy atom. The number of methoxy groups -OCH3 is 1. The van der Waals surface area contributed by atoms with E-state index in [9.17, 15) is 9.59 Å². The maximum absolute atomic E-state index is 13.9. The summed E-state index contributed by atoms with van der Waals surface area (Å²) in [6, 6.07) is 13.3. The number of thiazole rings is 1. The van der Waals surface area contributed by atoms with E-state index in [1.807, 2.05) is 19.9 Å². The Balaban J connectivity index is 1.53. The van der Waals surface area contributed by atoms with Gasteiger partial charge in [0.25, 0.3) is 5.56 Å². The number of hydrogen-bond acceptors (Lipinski definition) is 8. The van der Waals surface area contributed by atoms with Crippen molar-refractivity contribution >= 4 is 74.1 Å². The summed E-state index contributed by atoms with van der Waals surface area (Å²) in [5.74, 6) is 0.897. The van der Waals surface area contributed by atoms with Gasteiger partial charge in [-0.05, 0) is 88.9 Å². The van der Waals surface area contributed by atoms with Crippen molar-refractivity contribution in [1.29, 1.82) is 0 Å². The van der Waals surface area contributed by atoms with E-state index in [2.05, 4.69) is 20.9 Å². The first-order valence-corrected chi connectivity index (χ1v) is 16.4.